The van der Waals surface area contributed by atoms with Crippen LogP contribution in [0.25, 0.3) is 0 Å². The first-order valence-corrected chi connectivity index (χ1v) is 8.56. The van der Waals surface area contributed by atoms with E-state index in [2.05, 4.69) is 5.32 Å². The minimum Gasteiger partial charge on any atom is -0.485 e. The molecule has 0 saturated heterocycles. The van der Waals surface area contributed by atoms with Gasteiger partial charge in [-0.25, -0.2) is 4.79 Å². The maximum absolute atomic E-state index is 12.0. The summed E-state index contributed by atoms with van der Waals surface area (Å²) in [5.41, 5.74) is 1.05. The lowest BCUT2D eigenvalue weighted by molar-refractivity contribution is -0.157. The maximum atomic E-state index is 12.0. The number of halogens is 1. The van der Waals surface area contributed by atoms with Gasteiger partial charge in [-0.3, -0.25) is 4.79 Å². The zero-order chi connectivity index (χ0) is 18.4. The molecule has 0 radical (unpaired) electrons. The van der Waals surface area contributed by atoms with Crippen molar-refractivity contribution in [2.75, 3.05) is 19.8 Å². The van der Waals surface area contributed by atoms with E-state index in [1.807, 2.05) is 18.2 Å². The van der Waals surface area contributed by atoms with E-state index in [4.69, 9.17) is 25.8 Å². The minimum atomic E-state index is -0.883. The molecule has 6 nitrogen and oxygen atoms in total. The molecule has 0 bridgehead atoms. The zero-order valence-corrected chi connectivity index (χ0v) is 14.7. The summed E-state index contributed by atoms with van der Waals surface area (Å²) in [7, 11) is 0. The van der Waals surface area contributed by atoms with Crippen molar-refractivity contribution in [2.24, 2.45) is 0 Å². The van der Waals surface area contributed by atoms with E-state index in [1.165, 1.54) is 0 Å². The Kier molecular flexibility index (Phi) is 5.96. The summed E-state index contributed by atoms with van der Waals surface area (Å²) in [6, 6.07) is 14.4. The molecule has 136 valence electrons. The smallest absolute Gasteiger partial charge is 0.351 e. The molecule has 1 atom stereocenters. The Hall–Kier alpha value is -2.73. The van der Waals surface area contributed by atoms with Gasteiger partial charge in [-0.2, -0.15) is 0 Å². The lowest BCUT2D eigenvalue weighted by Gasteiger charge is -2.24. The largest absolute Gasteiger partial charge is 0.485 e. The van der Waals surface area contributed by atoms with Gasteiger partial charge >= 0.3 is 5.97 Å². The molecular weight excluding hydrogens is 358 g/mol. The van der Waals surface area contributed by atoms with Gasteiger partial charge in [-0.1, -0.05) is 35.9 Å². The van der Waals surface area contributed by atoms with Crippen molar-refractivity contribution >= 4 is 23.5 Å². The van der Waals surface area contributed by atoms with E-state index < -0.39 is 12.1 Å². The number of benzene rings is 2. The van der Waals surface area contributed by atoms with Gasteiger partial charge in [0.2, 0.25) is 6.10 Å². The molecule has 0 saturated carbocycles. The predicted octanol–water partition coefficient (Wildman–Crippen LogP) is 2.38. The molecule has 2 aromatic carbocycles. The molecule has 0 fully saturated rings. The van der Waals surface area contributed by atoms with Gasteiger partial charge < -0.3 is 19.5 Å². The van der Waals surface area contributed by atoms with E-state index >= 15 is 0 Å². The number of para-hydroxylation sites is 2. The number of rotatable bonds is 6. The fraction of sp³-hybridized carbons (Fsp3) is 0.263. The monoisotopic (exact) mass is 375 g/mol. The topological polar surface area (TPSA) is 73.9 Å². The van der Waals surface area contributed by atoms with Crippen molar-refractivity contribution in [2.45, 2.75) is 12.5 Å². The fourth-order valence-electron chi connectivity index (χ4n) is 2.41. The molecule has 1 N–H and O–H groups in total. The molecule has 2 aromatic rings. The highest BCUT2D eigenvalue weighted by molar-refractivity contribution is 6.30. The van der Waals surface area contributed by atoms with Gasteiger partial charge in [0.1, 0.15) is 6.61 Å². The van der Waals surface area contributed by atoms with Crippen LogP contribution in [0.15, 0.2) is 48.5 Å². The van der Waals surface area contributed by atoms with Crippen LogP contribution in [-0.4, -0.2) is 37.7 Å². The zero-order valence-electron chi connectivity index (χ0n) is 13.9. The average Bonchev–Trinajstić information content (AvgIpc) is 2.67. The van der Waals surface area contributed by atoms with Gasteiger partial charge in [0.15, 0.2) is 18.1 Å². The van der Waals surface area contributed by atoms with Crippen LogP contribution in [0.2, 0.25) is 5.02 Å². The van der Waals surface area contributed by atoms with E-state index in [9.17, 15) is 9.59 Å². The Labute approximate surface area is 156 Å². The number of hydrogen-bond donors (Lipinski definition) is 1. The van der Waals surface area contributed by atoms with Crippen LogP contribution >= 0.6 is 11.6 Å². The highest BCUT2D eigenvalue weighted by Gasteiger charge is 2.29. The van der Waals surface area contributed by atoms with Crippen molar-refractivity contribution in [3.63, 3.8) is 0 Å². The van der Waals surface area contributed by atoms with Gasteiger partial charge in [-0.05, 0) is 36.2 Å². The Morgan fingerprint density at radius 3 is 2.62 bits per heavy atom. The lowest BCUT2D eigenvalue weighted by atomic mass is 10.1. The lowest BCUT2D eigenvalue weighted by Crippen LogP contribution is -2.39. The molecule has 7 heteroatoms. The average molecular weight is 376 g/mol. The molecular formula is C19H18ClNO5. The molecule has 1 amide bonds. The first-order valence-electron chi connectivity index (χ1n) is 8.18. The van der Waals surface area contributed by atoms with Crippen LogP contribution in [0.3, 0.4) is 0 Å². The SMILES string of the molecule is O=C(COC(=O)C1COc2ccccc2O1)NCCc1ccc(Cl)cc1. The highest BCUT2D eigenvalue weighted by Crippen LogP contribution is 2.31. The molecule has 26 heavy (non-hydrogen) atoms. The summed E-state index contributed by atoms with van der Waals surface area (Å²) in [5, 5.41) is 3.37. The second-order valence-electron chi connectivity index (χ2n) is 5.70. The van der Waals surface area contributed by atoms with Crippen molar-refractivity contribution in [3.8, 4) is 11.5 Å². The molecule has 1 aliphatic rings. The molecule has 0 aromatic heterocycles. The second-order valence-corrected chi connectivity index (χ2v) is 6.13. The Balaban J connectivity index is 1.37. The summed E-state index contributed by atoms with van der Waals surface area (Å²) >= 11 is 5.82. The maximum Gasteiger partial charge on any atom is 0.351 e. The van der Waals surface area contributed by atoms with Crippen LogP contribution in [0.1, 0.15) is 5.56 Å². The highest BCUT2D eigenvalue weighted by atomic mass is 35.5. The Morgan fingerprint density at radius 2 is 1.85 bits per heavy atom. The van der Waals surface area contributed by atoms with Crippen LogP contribution < -0.4 is 14.8 Å². The predicted molar refractivity (Wildman–Crippen MR) is 95.5 cm³/mol. The number of carbonyl (C=O) groups is 2. The molecule has 1 heterocycles. The van der Waals surface area contributed by atoms with Gasteiger partial charge in [0.25, 0.3) is 5.91 Å². The summed E-state index contributed by atoms with van der Waals surface area (Å²) in [6.07, 6.45) is -0.223. The number of ether oxygens (including phenoxy) is 3. The van der Waals surface area contributed by atoms with Crippen LogP contribution in [0, 0.1) is 0 Å². The van der Waals surface area contributed by atoms with Crippen molar-refractivity contribution in [3.05, 3.63) is 59.1 Å². The third-order valence-electron chi connectivity index (χ3n) is 3.77. The van der Waals surface area contributed by atoms with Gasteiger partial charge in [0.05, 0.1) is 0 Å². The fourth-order valence-corrected chi connectivity index (χ4v) is 2.54. The molecule has 1 aliphatic heterocycles. The van der Waals surface area contributed by atoms with Crippen LogP contribution in [0.5, 0.6) is 11.5 Å². The Morgan fingerprint density at radius 1 is 1.12 bits per heavy atom. The first-order chi connectivity index (χ1) is 12.6. The third kappa shape index (κ3) is 4.89. The first kappa shape index (κ1) is 18.1. The van der Waals surface area contributed by atoms with Crippen LogP contribution in [0.4, 0.5) is 0 Å². The number of carbonyl (C=O) groups excluding carboxylic acids is 2. The number of nitrogens with one attached hydrogen (secondary N) is 1. The molecule has 1 unspecified atom stereocenters. The van der Waals surface area contributed by atoms with E-state index in [0.717, 1.165) is 5.56 Å². The van der Waals surface area contributed by atoms with Crippen molar-refractivity contribution in [1.82, 2.24) is 5.32 Å². The number of hydrogen-bond acceptors (Lipinski definition) is 5. The van der Waals surface area contributed by atoms with Crippen LogP contribution in [-0.2, 0) is 20.7 Å². The number of amides is 1. The summed E-state index contributed by atoms with van der Waals surface area (Å²) in [4.78, 5) is 23.8. The summed E-state index contributed by atoms with van der Waals surface area (Å²) in [6.45, 7) is 0.128. The molecule has 0 spiro atoms. The van der Waals surface area contributed by atoms with E-state index in [0.29, 0.717) is 29.5 Å². The van der Waals surface area contributed by atoms with Gasteiger partial charge in [-0.15, -0.1) is 0 Å². The van der Waals surface area contributed by atoms with E-state index in [1.54, 1.807) is 30.3 Å². The Bertz CT molecular complexity index is 778. The normalized spacial score (nSPS) is 15.2. The summed E-state index contributed by atoms with van der Waals surface area (Å²) < 4.78 is 16.0. The second kappa shape index (κ2) is 8.58. The number of esters is 1. The third-order valence-corrected chi connectivity index (χ3v) is 4.02. The quantitative estimate of drug-likeness (QED) is 0.785. The van der Waals surface area contributed by atoms with Crippen molar-refractivity contribution < 1.29 is 23.8 Å². The minimum absolute atomic E-state index is 0.0496. The summed E-state index contributed by atoms with van der Waals surface area (Å²) in [5.74, 6) is 0.0569. The van der Waals surface area contributed by atoms with E-state index in [-0.39, 0.29) is 19.1 Å². The van der Waals surface area contributed by atoms with Crippen molar-refractivity contribution in [1.29, 1.82) is 0 Å². The number of fused-ring (bicyclic) bond motifs is 1. The standard InChI is InChI=1S/C19H18ClNO5/c20-14-7-5-13(6-8-14)9-10-21-18(22)12-25-19(23)17-11-24-15-3-1-2-4-16(15)26-17/h1-8,17H,9-12H2,(H,21,22). The molecule has 0 aliphatic carbocycles. The molecule has 3 rings (SSSR count). The van der Waals surface area contributed by atoms with Gasteiger partial charge in [0, 0.05) is 11.6 Å².